The average Bonchev–Trinajstić information content (AvgIpc) is 2.18. The van der Waals surface area contributed by atoms with Gasteiger partial charge in [0.1, 0.15) is 5.75 Å². The predicted molar refractivity (Wildman–Crippen MR) is 54.9 cm³/mol. The van der Waals surface area contributed by atoms with Gasteiger partial charge in [-0.1, -0.05) is 13.8 Å². The van der Waals surface area contributed by atoms with Crippen molar-refractivity contribution in [3.63, 3.8) is 0 Å². The first-order valence-corrected chi connectivity index (χ1v) is 4.69. The second-order valence-electron chi connectivity index (χ2n) is 3.58. The number of aromatic carboxylic acids is 1. The van der Waals surface area contributed by atoms with Crippen LogP contribution in [0.4, 0.5) is 0 Å². The largest absolute Gasteiger partial charge is 0.478 e. The van der Waals surface area contributed by atoms with Crippen molar-refractivity contribution in [3.05, 3.63) is 29.8 Å². The highest BCUT2D eigenvalue weighted by molar-refractivity contribution is 5.87. The van der Waals surface area contributed by atoms with Gasteiger partial charge in [0, 0.05) is 5.92 Å². The molecule has 1 atom stereocenters. The van der Waals surface area contributed by atoms with Gasteiger partial charge in [-0.3, -0.25) is 0 Å². The number of aliphatic hydroxyl groups is 1. The summed E-state index contributed by atoms with van der Waals surface area (Å²) in [6.07, 6.45) is -0.874. The summed E-state index contributed by atoms with van der Waals surface area (Å²) < 4.78 is 5.17. The third-order valence-electron chi connectivity index (χ3n) is 1.93. The van der Waals surface area contributed by atoms with Gasteiger partial charge >= 0.3 is 5.97 Å². The molecule has 1 aromatic rings. The highest BCUT2D eigenvalue weighted by atomic mass is 16.6. The summed E-state index contributed by atoms with van der Waals surface area (Å²) in [6.45, 7) is 3.66. The summed E-state index contributed by atoms with van der Waals surface area (Å²) in [5.41, 5.74) is 0.196. The lowest BCUT2D eigenvalue weighted by Crippen LogP contribution is -2.22. The number of benzene rings is 1. The monoisotopic (exact) mass is 210 g/mol. The van der Waals surface area contributed by atoms with Gasteiger partial charge in [-0.25, -0.2) is 4.79 Å². The van der Waals surface area contributed by atoms with E-state index in [-0.39, 0.29) is 11.5 Å². The fraction of sp³-hybridized carbons (Fsp3) is 0.364. The van der Waals surface area contributed by atoms with Gasteiger partial charge in [0.15, 0.2) is 6.29 Å². The predicted octanol–water partition coefficient (Wildman–Crippen LogP) is 1.74. The zero-order valence-corrected chi connectivity index (χ0v) is 8.68. The van der Waals surface area contributed by atoms with Crippen LogP contribution in [0.2, 0.25) is 0 Å². The average molecular weight is 210 g/mol. The molecule has 1 rings (SSSR count). The number of aliphatic hydroxyl groups excluding tert-OH is 1. The third kappa shape index (κ3) is 3.25. The van der Waals surface area contributed by atoms with Crippen LogP contribution in [0.1, 0.15) is 24.2 Å². The van der Waals surface area contributed by atoms with E-state index in [0.29, 0.717) is 5.75 Å². The van der Waals surface area contributed by atoms with Crippen LogP contribution in [-0.4, -0.2) is 22.5 Å². The van der Waals surface area contributed by atoms with Crippen molar-refractivity contribution in [3.8, 4) is 5.75 Å². The first-order chi connectivity index (χ1) is 7.00. The normalized spacial score (nSPS) is 12.5. The number of carbonyl (C=O) groups is 1. The highest BCUT2D eigenvalue weighted by Gasteiger charge is 2.10. The standard InChI is InChI=1S/C11H14O4/c1-7(2)11(14)15-9-5-3-8(4-6-9)10(12)13/h3-7,11,14H,1-2H3,(H,12,13). The molecule has 0 radical (unpaired) electrons. The Morgan fingerprint density at radius 3 is 2.20 bits per heavy atom. The molecular formula is C11H14O4. The molecule has 4 heteroatoms. The van der Waals surface area contributed by atoms with E-state index >= 15 is 0 Å². The first kappa shape index (κ1) is 11.5. The van der Waals surface area contributed by atoms with E-state index in [0.717, 1.165) is 0 Å². The van der Waals surface area contributed by atoms with Gasteiger partial charge in [-0.15, -0.1) is 0 Å². The lowest BCUT2D eigenvalue weighted by molar-refractivity contribution is -0.0515. The van der Waals surface area contributed by atoms with Crippen LogP contribution in [0.25, 0.3) is 0 Å². The Labute approximate surface area is 88.1 Å². The van der Waals surface area contributed by atoms with Gasteiger partial charge in [0.05, 0.1) is 5.56 Å². The summed E-state index contributed by atoms with van der Waals surface area (Å²) in [7, 11) is 0. The maximum absolute atomic E-state index is 10.6. The molecule has 0 heterocycles. The van der Waals surface area contributed by atoms with Gasteiger partial charge < -0.3 is 14.9 Å². The summed E-state index contributed by atoms with van der Waals surface area (Å²) in [6, 6.07) is 5.92. The molecular weight excluding hydrogens is 196 g/mol. The van der Waals surface area contributed by atoms with Gasteiger partial charge in [-0.05, 0) is 24.3 Å². The molecule has 0 aliphatic carbocycles. The Balaban J connectivity index is 2.68. The van der Waals surface area contributed by atoms with E-state index in [1.165, 1.54) is 24.3 Å². The number of carboxylic acids is 1. The Morgan fingerprint density at radius 1 is 1.27 bits per heavy atom. The zero-order valence-electron chi connectivity index (χ0n) is 8.68. The van der Waals surface area contributed by atoms with E-state index in [1.807, 2.05) is 13.8 Å². The molecule has 1 unspecified atom stereocenters. The quantitative estimate of drug-likeness (QED) is 0.743. The van der Waals surface area contributed by atoms with Crippen molar-refractivity contribution in [2.45, 2.75) is 20.1 Å². The van der Waals surface area contributed by atoms with Crippen molar-refractivity contribution in [1.29, 1.82) is 0 Å². The molecule has 82 valence electrons. The molecule has 0 amide bonds. The maximum atomic E-state index is 10.6. The zero-order chi connectivity index (χ0) is 11.4. The lowest BCUT2D eigenvalue weighted by atomic mass is 10.2. The van der Waals surface area contributed by atoms with Gasteiger partial charge in [0.25, 0.3) is 0 Å². The number of hydrogen-bond acceptors (Lipinski definition) is 3. The second-order valence-corrected chi connectivity index (χ2v) is 3.58. The van der Waals surface area contributed by atoms with E-state index in [2.05, 4.69) is 0 Å². The van der Waals surface area contributed by atoms with Crippen molar-refractivity contribution in [2.24, 2.45) is 5.92 Å². The van der Waals surface area contributed by atoms with Crippen molar-refractivity contribution in [1.82, 2.24) is 0 Å². The summed E-state index contributed by atoms with van der Waals surface area (Å²) in [4.78, 5) is 10.6. The molecule has 0 saturated heterocycles. The molecule has 0 aliphatic rings. The molecule has 0 fully saturated rings. The summed E-state index contributed by atoms with van der Waals surface area (Å²) in [5.74, 6) is -0.531. The molecule has 0 aromatic heterocycles. The minimum atomic E-state index is -0.981. The van der Waals surface area contributed by atoms with Crippen LogP contribution >= 0.6 is 0 Å². The van der Waals surface area contributed by atoms with Gasteiger partial charge in [-0.2, -0.15) is 0 Å². The van der Waals surface area contributed by atoms with Crippen LogP contribution in [0.3, 0.4) is 0 Å². The van der Waals surface area contributed by atoms with Crippen LogP contribution in [0.5, 0.6) is 5.75 Å². The lowest BCUT2D eigenvalue weighted by Gasteiger charge is -2.16. The number of rotatable bonds is 4. The fourth-order valence-corrected chi connectivity index (χ4v) is 0.952. The number of hydrogen-bond donors (Lipinski definition) is 2. The van der Waals surface area contributed by atoms with Crippen LogP contribution in [0, 0.1) is 5.92 Å². The molecule has 0 bridgehead atoms. The maximum Gasteiger partial charge on any atom is 0.335 e. The highest BCUT2D eigenvalue weighted by Crippen LogP contribution is 2.15. The Bertz CT molecular complexity index is 329. The third-order valence-corrected chi connectivity index (χ3v) is 1.93. The SMILES string of the molecule is CC(C)C(O)Oc1ccc(C(=O)O)cc1. The van der Waals surface area contributed by atoms with Crippen molar-refractivity contribution >= 4 is 5.97 Å². The van der Waals surface area contributed by atoms with Gasteiger partial charge in [0.2, 0.25) is 0 Å². The first-order valence-electron chi connectivity index (χ1n) is 4.69. The smallest absolute Gasteiger partial charge is 0.335 e. The van der Waals surface area contributed by atoms with E-state index < -0.39 is 12.3 Å². The minimum absolute atomic E-state index is 0.0100. The minimum Gasteiger partial charge on any atom is -0.478 e. The Morgan fingerprint density at radius 2 is 1.80 bits per heavy atom. The fourth-order valence-electron chi connectivity index (χ4n) is 0.952. The van der Waals surface area contributed by atoms with Crippen molar-refractivity contribution in [2.75, 3.05) is 0 Å². The summed E-state index contributed by atoms with van der Waals surface area (Å²) in [5, 5.41) is 18.1. The molecule has 0 saturated carbocycles. The van der Waals surface area contributed by atoms with Crippen molar-refractivity contribution < 1.29 is 19.7 Å². The molecule has 0 spiro atoms. The molecule has 1 aromatic carbocycles. The van der Waals surface area contributed by atoms with E-state index in [4.69, 9.17) is 9.84 Å². The van der Waals surface area contributed by atoms with Crippen LogP contribution in [0.15, 0.2) is 24.3 Å². The topological polar surface area (TPSA) is 66.8 Å². The Hall–Kier alpha value is -1.55. The Kier molecular flexibility index (Phi) is 3.68. The van der Waals surface area contributed by atoms with Crippen LogP contribution < -0.4 is 4.74 Å². The molecule has 2 N–H and O–H groups in total. The molecule has 4 nitrogen and oxygen atoms in total. The van der Waals surface area contributed by atoms with E-state index in [1.54, 1.807) is 0 Å². The van der Waals surface area contributed by atoms with Crippen LogP contribution in [-0.2, 0) is 0 Å². The number of carboxylic acid groups (broad SMARTS) is 1. The van der Waals surface area contributed by atoms with E-state index in [9.17, 15) is 9.90 Å². The molecule has 15 heavy (non-hydrogen) atoms. The molecule has 0 aliphatic heterocycles. The summed E-state index contributed by atoms with van der Waals surface area (Å²) >= 11 is 0. The number of ether oxygens (including phenoxy) is 1. The second kappa shape index (κ2) is 4.79.